The molecule has 7 heteroatoms. The van der Waals surface area contributed by atoms with Gasteiger partial charge in [-0.1, -0.05) is 31.4 Å². The second-order valence-corrected chi connectivity index (χ2v) is 8.95. The third-order valence-electron chi connectivity index (χ3n) is 5.67. The summed E-state index contributed by atoms with van der Waals surface area (Å²) in [7, 11) is 0. The van der Waals surface area contributed by atoms with E-state index < -0.39 is 0 Å². The van der Waals surface area contributed by atoms with Crippen LogP contribution in [0.15, 0.2) is 29.3 Å². The highest BCUT2D eigenvalue weighted by molar-refractivity contribution is 14.0. The molecule has 1 aliphatic carbocycles. The monoisotopic (exact) mass is 530 g/mol. The topological polar surface area (TPSA) is 69.5 Å². The molecule has 3 rings (SSSR count). The molecule has 0 amide bonds. The molecule has 0 atom stereocenters. The van der Waals surface area contributed by atoms with Crippen molar-refractivity contribution in [3.8, 4) is 0 Å². The second kappa shape index (κ2) is 12.7. The van der Waals surface area contributed by atoms with Gasteiger partial charge in [-0.15, -0.1) is 35.3 Å². The normalized spacial score (nSPS) is 16.4. The van der Waals surface area contributed by atoms with Gasteiger partial charge < -0.3 is 15.7 Å². The standard InChI is InChI=1S/C22H34N4OS.HI/c1-2-23-21(25-17-22(14-16-27)12-6-3-7-13-22)24-15-8-11-20-26-18-9-4-5-10-19(18)28-20;/h4-5,9-10,27H,2-3,6-8,11-17H2,1H3,(H2,23,24,25);1H. The average molecular weight is 531 g/mol. The van der Waals surface area contributed by atoms with E-state index in [9.17, 15) is 5.11 Å². The van der Waals surface area contributed by atoms with Crippen LogP contribution in [0.25, 0.3) is 10.2 Å². The number of benzene rings is 1. The first kappa shape index (κ1) is 24.3. The molecule has 0 aliphatic heterocycles. The number of rotatable bonds is 9. The number of nitrogens with one attached hydrogen (secondary N) is 2. The van der Waals surface area contributed by atoms with Crippen LogP contribution in [0.3, 0.4) is 0 Å². The lowest BCUT2D eigenvalue weighted by Gasteiger charge is -2.35. The Morgan fingerprint density at radius 2 is 2.00 bits per heavy atom. The van der Waals surface area contributed by atoms with Gasteiger partial charge in [0.05, 0.1) is 15.2 Å². The van der Waals surface area contributed by atoms with E-state index in [2.05, 4.69) is 35.8 Å². The van der Waals surface area contributed by atoms with Crippen LogP contribution in [-0.4, -0.2) is 42.3 Å². The van der Waals surface area contributed by atoms with Crippen LogP contribution in [0.4, 0.5) is 0 Å². The van der Waals surface area contributed by atoms with E-state index in [0.29, 0.717) is 0 Å². The van der Waals surface area contributed by atoms with Gasteiger partial charge in [0.15, 0.2) is 5.96 Å². The van der Waals surface area contributed by atoms with Gasteiger partial charge in [-0.05, 0) is 50.2 Å². The lowest BCUT2D eigenvalue weighted by molar-refractivity contribution is 0.137. The maximum absolute atomic E-state index is 9.50. The van der Waals surface area contributed by atoms with Gasteiger partial charge in [0.2, 0.25) is 0 Å². The summed E-state index contributed by atoms with van der Waals surface area (Å²) >= 11 is 1.79. The number of aryl methyl sites for hydroxylation is 1. The van der Waals surface area contributed by atoms with Crippen LogP contribution in [0.1, 0.15) is 56.9 Å². The van der Waals surface area contributed by atoms with E-state index in [0.717, 1.165) is 50.4 Å². The predicted molar refractivity (Wildman–Crippen MR) is 135 cm³/mol. The summed E-state index contributed by atoms with van der Waals surface area (Å²) in [6.07, 6.45) is 9.12. The number of nitrogens with zero attached hydrogens (tertiary/aromatic N) is 2. The highest BCUT2D eigenvalue weighted by Gasteiger charge is 2.31. The molecule has 0 spiro atoms. The van der Waals surface area contributed by atoms with Crippen molar-refractivity contribution in [1.82, 2.24) is 15.6 Å². The third kappa shape index (κ3) is 7.36. The number of fused-ring (bicyclic) bond motifs is 1. The van der Waals surface area contributed by atoms with E-state index in [4.69, 9.17) is 9.98 Å². The zero-order chi connectivity index (χ0) is 19.7. The first-order chi connectivity index (χ1) is 13.7. The minimum atomic E-state index is 0. The number of guanidine groups is 1. The molecular weight excluding hydrogens is 495 g/mol. The molecule has 1 saturated carbocycles. The van der Waals surface area contributed by atoms with Gasteiger partial charge in [-0.25, -0.2) is 4.98 Å². The van der Waals surface area contributed by atoms with Gasteiger partial charge in [0, 0.05) is 32.7 Å². The number of hydrogen-bond acceptors (Lipinski definition) is 4. The van der Waals surface area contributed by atoms with Crippen LogP contribution >= 0.6 is 35.3 Å². The fourth-order valence-corrected chi connectivity index (χ4v) is 5.10. The summed E-state index contributed by atoms with van der Waals surface area (Å²) in [6.45, 7) is 4.91. The Morgan fingerprint density at radius 1 is 1.21 bits per heavy atom. The molecule has 162 valence electrons. The van der Waals surface area contributed by atoms with Gasteiger partial charge in [0.1, 0.15) is 0 Å². The van der Waals surface area contributed by atoms with Gasteiger partial charge in [0.25, 0.3) is 0 Å². The number of thiazole rings is 1. The van der Waals surface area contributed by atoms with E-state index in [1.54, 1.807) is 11.3 Å². The molecule has 1 aromatic heterocycles. The molecule has 0 radical (unpaired) electrons. The van der Waals surface area contributed by atoms with Gasteiger partial charge >= 0.3 is 0 Å². The zero-order valence-corrected chi connectivity index (χ0v) is 20.6. The zero-order valence-electron chi connectivity index (χ0n) is 17.5. The summed E-state index contributed by atoms with van der Waals surface area (Å²) in [5.41, 5.74) is 1.29. The Kier molecular flexibility index (Phi) is 10.7. The molecule has 2 aromatic rings. The lowest BCUT2D eigenvalue weighted by Crippen LogP contribution is -2.39. The van der Waals surface area contributed by atoms with E-state index in [1.807, 2.05) is 6.07 Å². The molecule has 0 bridgehead atoms. The summed E-state index contributed by atoms with van der Waals surface area (Å²) in [6, 6.07) is 8.33. The first-order valence-electron chi connectivity index (χ1n) is 10.7. The Hall–Kier alpha value is -0.930. The predicted octanol–water partition coefficient (Wildman–Crippen LogP) is 4.73. The second-order valence-electron chi connectivity index (χ2n) is 7.84. The smallest absolute Gasteiger partial charge is 0.191 e. The molecule has 5 nitrogen and oxygen atoms in total. The van der Waals surface area contributed by atoms with Crippen molar-refractivity contribution < 1.29 is 5.11 Å². The van der Waals surface area contributed by atoms with Crippen molar-refractivity contribution in [2.75, 3.05) is 26.2 Å². The molecule has 1 aliphatic rings. The van der Waals surface area contributed by atoms with Crippen molar-refractivity contribution in [1.29, 1.82) is 0 Å². The summed E-state index contributed by atoms with van der Waals surface area (Å²) < 4.78 is 1.27. The van der Waals surface area contributed by atoms with E-state index >= 15 is 0 Å². The first-order valence-corrected chi connectivity index (χ1v) is 11.5. The summed E-state index contributed by atoms with van der Waals surface area (Å²) in [4.78, 5) is 9.59. The van der Waals surface area contributed by atoms with Gasteiger partial charge in [-0.3, -0.25) is 4.99 Å². The Morgan fingerprint density at radius 3 is 2.72 bits per heavy atom. The molecular formula is C22H35IN4OS. The minimum absolute atomic E-state index is 0. The van der Waals surface area contributed by atoms with E-state index in [-0.39, 0.29) is 36.0 Å². The van der Waals surface area contributed by atoms with Crippen LogP contribution in [0.5, 0.6) is 0 Å². The van der Waals surface area contributed by atoms with Crippen LogP contribution in [-0.2, 0) is 6.42 Å². The molecule has 0 unspecified atom stereocenters. The van der Waals surface area contributed by atoms with Crippen LogP contribution in [0, 0.1) is 5.41 Å². The van der Waals surface area contributed by atoms with Crippen molar-refractivity contribution >= 4 is 51.5 Å². The highest BCUT2D eigenvalue weighted by atomic mass is 127. The Labute approximate surface area is 195 Å². The number of hydrogen-bond donors (Lipinski definition) is 3. The highest BCUT2D eigenvalue weighted by Crippen LogP contribution is 2.39. The van der Waals surface area contributed by atoms with Crippen molar-refractivity contribution in [2.45, 2.75) is 58.3 Å². The number of aliphatic hydroxyl groups excluding tert-OH is 1. The molecule has 1 heterocycles. The molecule has 3 N–H and O–H groups in total. The molecule has 29 heavy (non-hydrogen) atoms. The van der Waals surface area contributed by atoms with E-state index in [1.165, 1.54) is 41.8 Å². The minimum Gasteiger partial charge on any atom is -0.396 e. The van der Waals surface area contributed by atoms with Crippen molar-refractivity contribution in [3.63, 3.8) is 0 Å². The van der Waals surface area contributed by atoms with Crippen molar-refractivity contribution in [2.24, 2.45) is 10.4 Å². The maximum atomic E-state index is 9.50. The fraction of sp³-hybridized carbons (Fsp3) is 0.636. The fourth-order valence-electron chi connectivity index (χ4n) is 4.09. The molecule has 1 aromatic carbocycles. The van der Waals surface area contributed by atoms with Crippen molar-refractivity contribution in [3.05, 3.63) is 29.3 Å². The third-order valence-corrected chi connectivity index (χ3v) is 6.77. The number of aliphatic hydroxyl groups is 1. The number of aromatic nitrogens is 1. The number of aliphatic imine (C=N–C) groups is 1. The van der Waals surface area contributed by atoms with Crippen LogP contribution < -0.4 is 10.6 Å². The SMILES string of the molecule is CCNC(=NCC1(CCO)CCCCC1)NCCCc1nc2ccccc2s1.I. The quantitative estimate of drug-likeness (QED) is 0.190. The summed E-state index contributed by atoms with van der Waals surface area (Å²) in [5.74, 6) is 0.898. The summed E-state index contributed by atoms with van der Waals surface area (Å²) in [5, 5.41) is 17.5. The number of halogens is 1. The number of para-hydroxylation sites is 1. The largest absolute Gasteiger partial charge is 0.396 e. The Balaban J connectivity index is 0.00000300. The van der Waals surface area contributed by atoms with Gasteiger partial charge in [-0.2, -0.15) is 0 Å². The lowest BCUT2D eigenvalue weighted by atomic mass is 9.72. The Bertz CT molecular complexity index is 720. The molecule has 0 saturated heterocycles. The maximum Gasteiger partial charge on any atom is 0.191 e. The molecule has 1 fully saturated rings. The average Bonchev–Trinajstić information content (AvgIpc) is 3.13. The van der Waals surface area contributed by atoms with Crippen LogP contribution in [0.2, 0.25) is 0 Å².